The number of aromatic nitrogens is 1. The Kier molecular flexibility index (Phi) is 5.95. The van der Waals surface area contributed by atoms with E-state index in [9.17, 15) is 18.8 Å². The maximum absolute atomic E-state index is 14.1. The molecule has 1 aromatic carbocycles. The van der Waals surface area contributed by atoms with Gasteiger partial charge in [-0.3, -0.25) is 29.6 Å². The van der Waals surface area contributed by atoms with Crippen LogP contribution < -0.4 is 10.1 Å². The van der Waals surface area contributed by atoms with E-state index in [-0.39, 0.29) is 42.1 Å². The van der Waals surface area contributed by atoms with Crippen molar-refractivity contribution in [3.05, 3.63) is 59.2 Å². The molecule has 3 atom stereocenters. The van der Waals surface area contributed by atoms with Crippen LogP contribution in [-0.4, -0.2) is 63.8 Å². The smallest absolute Gasteiger partial charge is 0.255 e. The topological polar surface area (TPSA) is 91.8 Å². The average molecular weight is 493 g/mol. The number of halogens is 1. The molecule has 1 saturated carbocycles. The summed E-state index contributed by atoms with van der Waals surface area (Å²) in [5, 5.41) is 2.34. The zero-order chi connectivity index (χ0) is 24.8. The number of carbonyl (C=O) groups excluding carboxylic acids is 3. The SMILES string of the molecule is O=C1CCC(N2Cc3cc(OC4CCCCC4N4CC(c5ccncc5F)C4)ccc3C2=O)C(=O)N1. The van der Waals surface area contributed by atoms with Crippen molar-refractivity contribution < 1.29 is 23.5 Å². The zero-order valence-electron chi connectivity index (χ0n) is 20.0. The van der Waals surface area contributed by atoms with E-state index < -0.39 is 11.9 Å². The molecule has 9 heteroatoms. The van der Waals surface area contributed by atoms with Crippen LogP contribution >= 0.6 is 0 Å². The first-order valence-electron chi connectivity index (χ1n) is 12.8. The van der Waals surface area contributed by atoms with E-state index in [4.69, 9.17) is 4.74 Å². The van der Waals surface area contributed by atoms with Crippen LogP contribution in [0, 0.1) is 5.82 Å². The summed E-state index contributed by atoms with van der Waals surface area (Å²) in [7, 11) is 0. The van der Waals surface area contributed by atoms with Crippen LogP contribution in [0.4, 0.5) is 4.39 Å². The Hall–Kier alpha value is -3.33. The van der Waals surface area contributed by atoms with Crippen molar-refractivity contribution in [2.45, 2.75) is 69.2 Å². The number of ether oxygens (including phenoxy) is 1. The van der Waals surface area contributed by atoms with Crippen molar-refractivity contribution in [2.24, 2.45) is 0 Å². The Bertz CT molecular complexity index is 1210. The fourth-order valence-corrected chi connectivity index (χ4v) is 6.13. The Labute approximate surface area is 208 Å². The predicted octanol–water partition coefficient (Wildman–Crippen LogP) is 2.77. The number of nitrogens with one attached hydrogen (secondary N) is 1. The lowest BCUT2D eigenvalue weighted by Crippen LogP contribution is -2.57. The third kappa shape index (κ3) is 4.15. The van der Waals surface area contributed by atoms with Gasteiger partial charge < -0.3 is 9.64 Å². The maximum atomic E-state index is 14.1. The van der Waals surface area contributed by atoms with E-state index in [0.29, 0.717) is 18.5 Å². The number of rotatable bonds is 5. The van der Waals surface area contributed by atoms with Crippen LogP contribution in [0.25, 0.3) is 0 Å². The van der Waals surface area contributed by atoms with Crippen molar-refractivity contribution >= 4 is 17.7 Å². The number of hydrogen-bond acceptors (Lipinski definition) is 6. The molecule has 2 aromatic rings. The highest BCUT2D eigenvalue weighted by Crippen LogP contribution is 2.37. The summed E-state index contributed by atoms with van der Waals surface area (Å²) in [6.45, 7) is 1.95. The highest BCUT2D eigenvalue weighted by molar-refractivity contribution is 6.05. The lowest BCUT2D eigenvalue weighted by Gasteiger charge is -2.48. The molecule has 0 spiro atoms. The lowest BCUT2D eigenvalue weighted by molar-refractivity contribution is -0.136. The molecule has 0 bridgehead atoms. The van der Waals surface area contributed by atoms with Gasteiger partial charge in [-0.25, -0.2) is 4.39 Å². The first-order valence-corrected chi connectivity index (χ1v) is 12.8. The number of pyridine rings is 1. The summed E-state index contributed by atoms with van der Waals surface area (Å²) < 4.78 is 20.6. The minimum Gasteiger partial charge on any atom is -0.489 e. The second kappa shape index (κ2) is 9.28. The summed E-state index contributed by atoms with van der Waals surface area (Å²) >= 11 is 0. The molecule has 4 aliphatic rings. The van der Waals surface area contributed by atoms with Gasteiger partial charge in [-0.15, -0.1) is 0 Å². The van der Waals surface area contributed by atoms with Crippen molar-refractivity contribution in [1.82, 2.24) is 20.1 Å². The molecule has 3 aliphatic heterocycles. The molecule has 36 heavy (non-hydrogen) atoms. The number of nitrogens with zero attached hydrogens (tertiary/aromatic N) is 3. The molecular formula is C27H29FN4O4. The summed E-state index contributed by atoms with van der Waals surface area (Å²) in [6.07, 6.45) is 7.79. The van der Waals surface area contributed by atoms with Crippen molar-refractivity contribution in [3.8, 4) is 5.75 Å². The fourth-order valence-electron chi connectivity index (χ4n) is 6.13. The molecule has 4 heterocycles. The highest BCUT2D eigenvalue weighted by Gasteiger charge is 2.41. The molecule has 1 aromatic heterocycles. The average Bonchev–Trinajstić information content (AvgIpc) is 3.16. The van der Waals surface area contributed by atoms with Gasteiger partial charge in [0.25, 0.3) is 5.91 Å². The Morgan fingerprint density at radius 2 is 1.89 bits per heavy atom. The molecule has 188 valence electrons. The monoisotopic (exact) mass is 492 g/mol. The van der Waals surface area contributed by atoms with Gasteiger partial charge in [-0.1, -0.05) is 6.42 Å². The largest absolute Gasteiger partial charge is 0.489 e. The molecule has 3 unspecified atom stereocenters. The zero-order valence-corrected chi connectivity index (χ0v) is 20.0. The van der Waals surface area contributed by atoms with Gasteiger partial charge >= 0.3 is 0 Å². The van der Waals surface area contributed by atoms with Crippen LogP contribution in [0.1, 0.15) is 65.9 Å². The van der Waals surface area contributed by atoms with E-state index >= 15 is 0 Å². The van der Waals surface area contributed by atoms with E-state index in [2.05, 4.69) is 15.2 Å². The van der Waals surface area contributed by atoms with Crippen LogP contribution in [0.2, 0.25) is 0 Å². The van der Waals surface area contributed by atoms with Gasteiger partial charge in [0.15, 0.2) is 0 Å². The summed E-state index contributed by atoms with van der Waals surface area (Å²) in [4.78, 5) is 44.6. The third-order valence-electron chi connectivity index (χ3n) is 8.07. The van der Waals surface area contributed by atoms with E-state index in [0.717, 1.165) is 55.6 Å². The maximum Gasteiger partial charge on any atom is 0.255 e. The van der Waals surface area contributed by atoms with Crippen molar-refractivity contribution in [3.63, 3.8) is 0 Å². The van der Waals surface area contributed by atoms with Crippen molar-refractivity contribution in [1.29, 1.82) is 0 Å². The molecule has 3 fully saturated rings. The van der Waals surface area contributed by atoms with Crippen molar-refractivity contribution in [2.75, 3.05) is 13.1 Å². The number of hydrogen-bond donors (Lipinski definition) is 1. The molecule has 2 saturated heterocycles. The molecule has 1 N–H and O–H groups in total. The second-order valence-electron chi connectivity index (χ2n) is 10.3. The second-order valence-corrected chi connectivity index (χ2v) is 10.3. The van der Waals surface area contributed by atoms with Gasteiger partial charge in [0.1, 0.15) is 23.7 Å². The van der Waals surface area contributed by atoms with Crippen LogP contribution in [0.15, 0.2) is 36.7 Å². The number of likely N-dealkylation sites (tertiary alicyclic amines) is 1. The lowest BCUT2D eigenvalue weighted by atomic mass is 9.84. The number of fused-ring (bicyclic) bond motifs is 1. The van der Waals surface area contributed by atoms with E-state index in [1.807, 2.05) is 12.1 Å². The number of piperidine rings is 1. The fraction of sp³-hybridized carbons (Fsp3) is 0.481. The molecule has 1 aliphatic carbocycles. The number of imide groups is 1. The van der Waals surface area contributed by atoms with Crippen LogP contribution in [0.3, 0.4) is 0 Å². The first-order chi connectivity index (χ1) is 17.5. The first kappa shape index (κ1) is 23.1. The third-order valence-corrected chi connectivity index (χ3v) is 8.07. The Morgan fingerprint density at radius 1 is 1.06 bits per heavy atom. The van der Waals surface area contributed by atoms with E-state index in [1.165, 1.54) is 6.20 Å². The molecule has 3 amide bonds. The predicted molar refractivity (Wildman–Crippen MR) is 128 cm³/mol. The summed E-state index contributed by atoms with van der Waals surface area (Å²) in [5.41, 5.74) is 2.15. The van der Waals surface area contributed by atoms with E-state index in [1.54, 1.807) is 23.2 Å². The molecular weight excluding hydrogens is 463 g/mol. The number of carbonyl (C=O) groups is 3. The highest BCUT2D eigenvalue weighted by atomic mass is 19.1. The Balaban J connectivity index is 1.12. The normalized spacial score (nSPS) is 27.0. The van der Waals surface area contributed by atoms with Gasteiger partial charge in [-0.05, 0) is 61.1 Å². The molecule has 0 radical (unpaired) electrons. The van der Waals surface area contributed by atoms with Gasteiger partial charge in [0, 0.05) is 49.8 Å². The quantitative estimate of drug-likeness (QED) is 0.646. The van der Waals surface area contributed by atoms with Crippen LogP contribution in [0.5, 0.6) is 5.75 Å². The standard InChI is InChI=1S/C27H29FN4O4/c28-21-12-29-10-9-19(21)17-13-31(14-17)22-3-1-2-4-24(22)36-18-5-6-20-16(11-18)15-32(27(20)35)23-7-8-25(33)30-26(23)34/h5-6,9-12,17,22-24H,1-4,7-8,13-15H2,(H,30,33,34). The molecule has 6 rings (SSSR count). The Morgan fingerprint density at radius 3 is 2.69 bits per heavy atom. The minimum absolute atomic E-state index is 0.0309. The minimum atomic E-state index is -0.626. The van der Waals surface area contributed by atoms with Gasteiger partial charge in [0.05, 0.1) is 6.20 Å². The number of benzene rings is 1. The van der Waals surface area contributed by atoms with Gasteiger partial charge in [0.2, 0.25) is 11.8 Å². The molecule has 8 nitrogen and oxygen atoms in total. The van der Waals surface area contributed by atoms with Crippen LogP contribution in [-0.2, 0) is 16.1 Å². The summed E-state index contributed by atoms with van der Waals surface area (Å²) in [6, 6.07) is 6.95. The summed E-state index contributed by atoms with van der Waals surface area (Å²) in [5.74, 6) is -0.221. The van der Waals surface area contributed by atoms with Gasteiger partial charge in [-0.2, -0.15) is 0 Å². The number of amides is 3.